The number of benzene rings is 3. The normalized spacial score (nSPS) is 12.9. The highest BCUT2D eigenvalue weighted by Gasteiger charge is 2.24. The van der Waals surface area contributed by atoms with Gasteiger partial charge in [0.15, 0.2) is 16.7 Å². The van der Waals surface area contributed by atoms with E-state index in [1.807, 2.05) is 62.4 Å². The molecule has 0 radical (unpaired) electrons. The second kappa shape index (κ2) is 10.6. The smallest absolute Gasteiger partial charge is 0.262 e. The van der Waals surface area contributed by atoms with E-state index in [4.69, 9.17) is 19.2 Å². The van der Waals surface area contributed by atoms with E-state index in [1.165, 1.54) is 11.8 Å². The predicted molar refractivity (Wildman–Crippen MR) is 144 cm³/mol. The highest BCUT2D eigenvalue weighted by molar-refractivity contribution is 8.00. The van der Waals surface area contributed by atoms with Crippen LogP contribution in [0.3, 0.4) is 0 Å². The largest absolute Gasteiger partial charge is 0.497 e. The van der Waals surface area contributed by atoms with Crippen LogP contribution in [0.25, 0.3) is 10.9 Å². The number of carbonyl (C=O) groups excluding carboxylic acids is 1. The second-order valence-corrected chi connectivity index (χ2v) is 9.90. The topological polar surface area (TPSA) is 91.7 Å². The summed E-state index contributed by atoms with van der Waals surface area (Å²) in [4.78, 5) is 31.7. The van der Waals surface area contributed by atoms with Crippen molar-refractivity contribution in [1.29, 1.82) is 0 Å². The molecule has 37 heavy (non-hydrogen) atoms. The first kappa shape index (κ1) is 24.7. The SMILES string of the molecule is CC[C@H](Sc1nc2cc3c(cc2c(=O)n1Cc1ccc(OC)cc1)OCO3)C(=O)Nc1ccc(C)cc1. The Balaban J connectivity index is 1.52. The Bertz CT molecular complexity index is 1500. The zero-order valence-corrected chi connectivity index (χ0v) is 21.6. The van der Waals surface area contributed by atoms with E-state index in [9.17, 15) is 9.59 Å². The average molecular weight is 518 g/mol. The minimum Gasteiger partial charge on any atom is -0.497 e. The third kappa shape index (κ3) is 5.27. The van der Waals surface area contributed by atoms with Crippen molar-refractivity contribution in [2.45, 2.75) is 37.2 Å². The number of nitrogens with one attached hydrogen (secondary N) is 1. The van der Waals surface area contributed by atoms with Gasteiger partial charge in [0.1, 0.15) is 5.75 Å². The predicted octanol–water partition coefficient (Wildman–Crippen LogP) is 5.00. The molecule has 1 amide bonds. The summed E-state index contributed by atoms with van der Waals surface area (Å²) in [5.41, 5.74) is 3.03. The second-order valence-electron chi connectivity index (χ2n) is 8.73. The first-order valence-electron chi connectivity index (χ1n) is 12.0. The van der Waals surface area contributed by atoms with Crippen molar-refractivity contribution in [2.24, 2.45) is 0 Å². The third-order valence-electron chi connectivity index (χ3n) is 6.14. The van der Waals surface area contributed by atoms with E-state index in [0.717, 1.165) is 22.6 Å². The van der Waals surface area contributed by atoms with Crippen LogP contribution in [0.4, 0.5) is 5.69 Å². The lowest BCUT2D eigenvalue weighted by atomic mass is 10.2. The lowest BCUT2D eigenvalue weighted by molar-refractivity contribution is -0.115. The van der Waals surface area contributed by atoms with Crippen LogP contribution >= 0.6 is 11.8 Å². The highest BCUT2D eigenvalue weighted by Crippen LogP contribution is 2.35. The lowest BCUT2D eigenvalue weighted by Gasteiger charge is -2.18. The van der Waals surface area contributed by atoms with Crippen LogP contribution < -0.4 is 25.1 Å². The van der Waals surface area contributed by atoms with Crippen LogP contribution in [0, 0.1) is 6.92 Å². The molecule has 0 fully saturated rings. The molecule has 0 unspecified atom stereocenters. The van der Waals surface area contributed by atoms with Crippen LogP contribution in [0.2, 0.25) is 0 Å². The summed E-state index contributed by atoms with van der Waals surface area (Å²) >= 11 is 1.28. The average Bonchev–Trinajstić information content (AvgIpc) is 3.37. The molecule has 0 saturated carbocycles. The summed E-state index contributed by atoms with van der Waals surface area (Å²) in [6.07, 6.45) is 0.555. The van der Waals surface area contributed by atoms with E-state index in [1.54, 1.807) is 23.8 Å². The molecule has 3 aromatic carbocycles. The van der Waals surface area contributed by atoms with E-state index in [-0.39, 0.29) is 18.3 Å². The number of hydrogen-bond acceptors (Lipinski definition) is 7. The summed E-state index contributed by atoms with van der Waals surface area (Å²) in [5, 5.41) is 3.41. The molecule has 1 aromatic heterocycles. The van der Waals surface area contributed by atoms with Crippen molar-refractivity contribution in [2.75, 3.05) is 19.2 Å². The quantitative estimate of drug-likeness (QED) is 0.260. The molecule has 1 N–H and O–H groups in total. The number of aromatic nitrogens is 2. The molecule has 0 saturated heterocycles. The van der Waals surface area contributed by atoms with E-state index < -0.39 is 5.25 Å². The number of methoxy groups -OCH3 is 1. The number of anilines is 1. The molecular formula is C28H27N3O5S. The van der Waals surface area contributed by atoms with Crippen molar-refractivity contribution in [3.63, 3.8) is 0 Å². The maximum absolute atomic E-state index is 13.7. The fourth-order valence-corrected chi connectivity index (χ4v) is 5.06. The van der Waals surface area contributed by atoms with Gasteiger partial charge >= 0.3 is 0 Å². The van der Waals surface area contributed by atoms with Gasteiger partial charge in [0.2, 0.25) is 12.7 Å². The summed E-state index contributed by atoms with van der Waals surface area (Å²) in [7, 11) is 1.61. The summed E-state index contributed by atoms with van der Waals surface area (Å²) in [6.45, 7) is 4.33. The number of aryl methyl sites for hydroxylation is 1. The maximum Gasteiger partial charge on any atom is 0.262 e. The van der Waals surface area contributed by atoms with Crippen LogP contribution in [0.15, 0.2) is 70.6 Å². The zero-order valence-electron chi connectivity index (χ0n) is 20.8. The zero-order chi connectivity index (χ0) is 25.9. The number of fused-ring (bicyclic) bond motifs is 2. The van der Waals surface area contributed by atoms with Crippen LogP contribution in [0.5, 0.6) is 17.2 Å². The van der Waals surface area contributed by atoms with Gasteiger partial charge in [-0.1, -0.05) is 48.5 Å². The van der Waals surface area contributed by atoms with E-state index in [0.29, 0.717) is 40.5 Å². The van der Waals surface area contributed by atoms with Crippen molar-refractivity contribution in [1.82, 2.24) is 9.55 Å². The van der Waals surface area contributed by atoms with Crippen molar-refractivity contribution in [3.05, 3.63) is 82.1 Å². The van der Waals surface area contributed by atoms with Gasteiger partial charge in [-0.15, -0.1) is 0 Å². The fraction of sp³-hybridized carbons (Fsp3) is 0.250. The first-order chi connectivity index (χ1) is 17.9. The third-order valence-corrected chi connectivity index (χ3v) is 7.50. The highest BCUT2D eigenvalue weighted by atomic mass is 32.2. The molecule has 8 nitrogen and oxygen atoms in total. The van der Waals surface area contributed by atoms with Gasteiger partial charge in [-0.05, 0) is 49.2 Å². The molecule has 190 valence electrons. The van der Waals surface area contributed by atoms with Gasteiger partial charge in [-0.2, -0.15) is 0 Å². The Hall–Kier alpha value is -3.98. The first-order valence-corrected chi connectivity index (χ1v) is 12.8. The maximum atomic E-state index is 13.7. The number of carbonyl (C=O) groups is 1. The Kier molecular flexibility index (Phi) is 7.05. The Morgan fingerprint density at radius 3 is 2.49 bits per heavy atom. The van der Waals surface area contributed by atoms with Gasteiger partial charge in [0.05, 0.1) is 29.8 Å². The molecule has 1 aliphatic heterocycles. The lowest BCUT2D eigenvalue weighted by Crippen LogP contribution is -2.28. The Morgan fingerprint density at radius 1 is 1.11 bits per heavy atom. The number of ether oxygens (including phenoxy) is 3. The number of thioether (sulfide) groups is 1. The van der Waals surface area contributed by atoms with Gasteiger partial charge in [0, 0.05) is 11.8 Å². The summed E-state index contributed by atoms with van der Waals surface area (Å²) < 4.78 is 17.8. The van der Waals surface area contributed by atoms with E-state index in [2.05, 4.69) is 5.32 Å². The number of nitrogens with zero attached hydrogens (tertiary/aromatic N) is 2. The van der Waals surface area contributed by atoms with Crippen molar-refractivity contribution < 1.29 is 19.0 Å². The minimum atomic E-state index is -0.457. The molecule has 1 aliphatic rings. The molecular weight excluding hydrogens is 490 g/mol. The van der Waals surface area contributed by atoms with Gasteiger partial charge in [0.25, 0.3) is 5.56 Å². The van der Waals surface area contributed by atoms with Gasteiger partial charge < -0.3 is 19.5 Å². The number of amides is 1. The van der Waals surface area contributed by atoms with Gasteiger partial charge in [-0.25, -0.2) is 4.98 Å². The van der Waals surface area contributed by atoms with Crippen LogP contribution in [0.1, 0.15) is 24.5 Å². The Labute approximate surface area is 218 Å². The monoisotopic (exact) mass is 517 g/mol. The minimum absolute atomic E-state index is 0.102. The molecule has 9 heteroatoms. The van der Waals surface area contributed by atoms with Crippen LogP contribution in [-0.4, -0.2) is 34.6 Å². The van der Waals surface area contributed by atoms with Gasteiger partial charge in [-0.3, -0.25) is 14.2 Å². The fourth-order valence-electron chi connectivity index (χ4n) is 4.04. The molecule has 1 atom stereocenters. The number of hydrogen-bond donors (Lipinski definition) is 1. The molecule has 0 bridgehead atoms. The standard InChI is InChI=1S/C28H27N3O5S/c1-4-25(26(32)29-19-9-5-17(2)6-10-19)37-28-30-22-14-24-23(35-16-36-24)13-21(22)27(33)31(28)15-18-7-11-20(34-3)12-8-18/h5-14,25H,4,15-16H2,1-3H3,(H,29,32)/t25-/m0/s1. The molecule has 0 spiro atoms. The molecule has 2 heterocycles. The number of rotatable bonds is 8. The molecule has 5 rings (SSSR count). The van der Waals surface area contributed by atoms with Crippen molar-refractivity contribution >= 4 is 34.3 Å². The Morgan fingerprint density at radius 2 is 1.81 bits per heavy atom. The summed E-state index contributed by atoms with van der Waals surface area (Å²) in [5.74, 6) is 1.65. The van der Waals surface area contributed by atoms with E-state index >= 15 is 0 Å². The van der Waals surface area contributed by atoms with Crippen LogP contribution in [-0.2, 0) is 11.3 Å². The molecule has 4 aromatic rings. The molecule has 0 aliphatic carbocycles. The summed E-state index contributed by atoms with van der Waals surface area (Å²) in [6, 6.07) is 18.6. The van der Waals surface area contributed by atoms with Crippen molar-refractivity contribution in [3.8, 4) is 17.2 Å².